The van der Waals surface area contributed by atoms with Gasteiger partial charge in [0, 0.05) is 7.05 Å². The minimum Gasteiger partial charge on any atom is -0.357 e. The molecular weight excluding hydrogens is 361 g/mol. The fourth-order valence-electron chi connectivity index (χ4n) is 3.17. The largest absolute Gasteiger partial charge is 0.413 e. The van der Waals surface area contributed by atoms with E-state index in [2.05, 4.69) is 16.0 Å². The Bertz CT molecular complexity index is 556. The molecular formula is C16H30N3O6P. The van der Waals surface area contributed by atoms with Gasteiger partial charge in [-0.05, 0) is 18.3 Å². The first-order valence-corrected chi connectivity index (χ1v) is 10.6. The second-order valence-electron chi connectivity index (χ2n) is 7.13. The molecule has 2 atom stereocenters. The Kier molecular flexibility index (Phi) is 8.73. The van der Waals surface area contributed by atoms with Crippen LogP contribution in [0, 0.1) is 11.8 Å². The molecule has 1 rings (SSSR count). The van der Waals surface area contributed by atoms with Crippen molar-refractivity contribution >= 4 is 25.1 Å². The highest BCUT2D eigenvalue weighted by molar-refractivity contribution is 7.69. The third-order valence-corrected chi connectivity index (χ3v) is 5.32. The van der Waals surface area contributed by atoms with Gasteiger partial charge in [-0.2, -0.15) is 0 Å². The van der Waals surface area contributed by atoms with Crippen molar-refractivity contribution < 1.29 is 28.7 Å². The lowest BCUT2D eigenvalue weighted by atomic mass is 9.84. The summed E-state index contributed by atoms with van der Waals surface area (Å²) >= 11 is 0. The summed E-state index contributed by atoms with van der Waals surface area (Å²) in [6, 6.07) is -1.89. The summed E-state index contributed by atoms with van der Waals surface area (Å²) < 4.78 is 11.2. The molecule has 0 aromatic heterocycles. The van der Waals surface area contributed by atoms with Crippen LogP contribution in [0.25, 0.3) is 0 Å². The van der Waals surface area contributed by atoms with Crippen LogP contribution >= 0.6 is 7.60 Å². The second-order valence-corrected chi connectivity index (χ2v) is 8.62. The molecule has 9 nitrogen and oxygen atoms in total. The average molecular weight is 391 g/mol. The summed E-state index contributed by atoms with van der Waals surface area (Å²) in [5.41, 5.74) is -1.48. The number of hydrogen-bond donors (Lipinski definition) is 5. The van der Waals surface area contributed by atoms with Crippen molar-refractivity contribution in [1.29, 1.82) is 0 Å². The van der Waals surface area contributed by atoms with Gasteiger partial charge in [0.1, 0.15) is 12.1 Å². The Labute approximate surface area is 153 Å². The standard InChI is InChI=1S/C16H30N3O6P/c1-10(2)13(15(21)17-3)19-14(20)12(18-16(22)26(23,24)25)9-11-7-5-4-6-8-11/h10-13H,4-9H2,1-3H3,(H,17,21)(H,18,22)(H,19,20)(H2,23,24,25). The lowest BCUT2D eigenvalue weighted by molar-refractivity contribution is -0.130. The number of carbonyl (C=O) groups excluding carboxylic acids is 3. The monoisotopic (exact) mass is 391 g/mol. The fraction of sp³-hybridized carbons (Fsp3) is 0.812. The quantitative estimate of drug-likeness (QED) is 0.392. The van der Waals surface area contributed by atoms with Crippen LogP contribution in [0.3, 0.4) is 0 Å². The summed E-state index contributed by atoms with van der Waals surface area (Å²) in [7, 11) is -3.53. The lowest BCUT2D eigenvalue weighted by Gasteiger charge is -2.28. The molecule has 0 aliphatic heterocycles. The van der Waals surface area contributed by atoms with Gasteiger partial charge in [0.2, 0.25) is 11.8 Å². The molecule has 0 aromatic rings. The van der Waals surface area contributed by atoms with Gasteiger partial charge in [-0.25, -0.2) is 4.57 Å². The van der Waals surface area contributed by atoms with Crippen LogP contribution in [-0.2, 0) is 14.2 Å². The Balaban J connectivity index is 2.89. The first-order valence-electron chi connectivity index (χ1n) is 8.94. The minimum atomic E-state index is -4.99. The van der Waals surface area contributed by atoms with E-state index < -0.39 is 31.2 Å². The van der Waals surface area contributed by atoms with Crippen LogP contribution in [0.4, 0.5) is 4.79 Å². The molecule has 1 aliphatic rings. The lowest BCUT2D eigenvalue weighted by Crippen LogP contribution is -2.55. The average Bonchev–Trinajstić information content (AvgIpc) is 2.57. The van der Waals surface area contributed by atoms with Crippen LogP contribution in [0.15, 0.2) is 0 Å². The van der Waals surface area contributed by atoms with Crippen molar-refractivity contribution in [3.63, 3.8) is 0 Å². The fourth-order valence-corrected chi connectivity index (χ4v) is 3.49. The molecule has 1 fully saturated rings. The van der Waals surface area contributed by atoms with Gasteiger partial charge in [-0.15, -0.1) is 0 Å². The summed E-state index contributed by atoms with van der Waals surface area (Å²) in [5, 5.41) is 7.23. The Morgan fingerprint density at radius 1 is 1.04 bits per heavy atom. The Morgan fingerprint density at radius 2 is 1.62 bits per heavy atom. The predicted molar refractivity (Wildman–Crippen MR) is 96.4 cm³/mol. The summed E-state index contributed by atoms with van der Waals surface area (Å²) in [4.78, 5) is 54.3. The van der Waals surface area contributed by atoms with Gasteiger partial charge in [0.15, 0.2) is 0 Å². The number of amides is 3. The number of rotatable bonds is 8. The maximum atomic E-state index is 12.7. The van der Waals surface area contributed by atoms with Gasteiger partial charge < -0.3 is 25.7 Å². The van der Waals surface area contributed by atoms with Crippen LogP contribution < -0.4 is 16.0 Å². The van der Waals surface area contributed by atoms with Crippen molar-refractivity contribution in [2.75, 3.05) is 7.05 Å². The molecule has 0 bridgehead atoms. The highest BCUT2D eigenvalue weighted by Crippen LogP contribution is 2.35. The van der Waals surface area contributed by atoms with Crippen LogP contribution in [0.5, 0.6) is 0 Å². The molecule has 2 unspecified atom stereocenters. The van der Waals surface area contributed by atoms with Gasteiger partial charge >= 0.3 is 13.2 Å². The summed E-state index contributed by atoms with van der Waals surface area (Å²) in [6.45, 7) is 3.54. The van der Waals surface area contributed by atoms with E-state index in [1.807, 2.05) is 0 Å². The molecule has 0 aromatic carbocycles. The molecule has 1 aliphatic carbocycles. The molecule has 0 heterocycles. The van der Waals surface area contributed by atoms with Crippen molar-refractivity contribution in [2.24, 2.45) is 11.8 Å². The first kappa shape index (κ1) is 22.6. The molecule has 3 amide bonds. The van der Waals surface area contributed by atoms with E-state index >= 15 is 0 Å². The van der Waals surface area contributed by atoms with E-state index in [1.54, 1.807) is 13.8 Å². The second kappa shape index (κ2) is 10.0. The molecule has 5 N–H and O–H groups in total. The van der Waals surface area contributed by atoms with Gasteiger partial charge in [-0.3, -0.25) is 14.4 Å². The minimum absolute atomic E-state index is 0.188. The Hall–Kier alpha value is -1.44. The smallest absolute Gasteiger partial charge is 0.357 e. The molecule has 0 spiro atoms. The summed E-state index contributed by atoms with van der Waals surface area (Å²) in [5.74, 6) is -0.980. The zero-order chi connectivity index (χ0) is 19.9. The molecule has 150 valence electrons. The topological polar surface area (TPSA) is 145 Å². The van der Waals surface area contributed by atoms with E-state index in [1.165, 1.54) is 7.05 Å². The van der Waals surface area contributed by atoms with E-state index in [4.69, 9.17) is 9.79 Å². The zero-order valence-corrected chi connectivity index (χ0v) is 16.4. The van der Waals surface area contributed by atoms with E-state index in [0.29, 0.717) is 0 Å². The number of hydrogen-bond acceptors (Lipinski definition) is 4. The zero-order valence-electron chi connectivity index (χ0n) is 15.5. The molecule has 1 saturated carbocycles. The molecule has 10 heteroatoms. The molecule has 0 radical (unpaired) electrons. The maximum absolute atomic E-state index is 12.7. The van der Waals surface area contributed by atoms with Gasteiger partial charge in [-0.1, -0.05) is 46.0 Å². The van der Waals surface area contributed by atoms with Crippen LogP contribution in [-0.4, -0.2) is 46.4 Å². The van der Waals surface area contributed by atoms with Gasteiger partial charge in [0.05, 0.1) is 0 Å². The van der Waals surface area contributed by atoms with Crippen LogP contribution in [0.1, 0.15) is 52.4 Å². The molecule has 26 heavy (non-hydrogen) atoms. The first-order chi connectivity index (χ1) is 12.1. The normalized spacial score (nSPS) is 18.1. The number of likely N-dealkylation sites (N-methyl/N-ethyl adjacent to an activating group) is 1. The molecule has 0 saturated heterocycles. The maximum Gasteiger partial charge on any atom is 0.413 e. The van der Waals surface area contributed by atoms with E-state index in [-0.39, 0.29) is 24.2 Å². The van der Waals surface area contributed by atoms with Crippen molar-refractivity contribution in [1.82, 2.24) is 16.0 Å². The highest BCUT2D eigenvalue weighted by Gasteiger charge is 2.34. The van der Waals surface area contributed by atoms with E-state index in [0.717, 1.165) is 32.1 Å². The number of nitrogens with one attached hydrogen (secondary N) is 3. The SMILES string of the molecule is CNC(=O)C(NC(=O)C(CC1CCCCC1)NC(=O)P(=O)(O)O)C(C)C. The summed E-state index contributed by atoms with van der Waals surface area (Å²) in [6.07, 6.45) is 5.26. The van der Waals surface area contributed by atoms with Crippen molar-refractivity contribution in [3.05, 3.63) is 0 Å². The Morgan fingerprint density at radius 3 is 2.08 bits per heavy atom. The van der Waals surface area contributed by atoms with Gasteiger partial charge in [0.25, 0.3) is 0 Å². The predicted octanol–water partition coefficient (Wildman–Crippen LogP) is 1.10. The van der Waals surface area contributed by atoms with Crippen molar-refractivity contribution in [2.45, 2.75) is 64.5 Å². The van der Waals surface area contributed by atoms with E-state index in [9.17, 15) is 18.9 Å². The van der Waals surface area contributed by atoms with Crippen molar-refractivity contribution in [3.8, 4) is 0 Å². The van der Waals surface area contributed by atoms with Crippen LogP contribution in [0.2, 0.25) is 0 Å². The number of carbonyl (C=O) groups is 3. The highest BCUT2D eigenvalue weighted by atomic mass is 31.2. The third-order valence-electron chi connectivity index (χ3n) is 4.67. The third kappa shape index (κ3) is 7.05.